The van der Waals surface area contributed by atoms with Gasteiger partial charge in [0.15, 0.2) is 0 Å². The van der Waals surface area contributed by atoms with Crippen LogP contribution >= 0.6 is 12.6 Å². The van der Waals surface area contributed by atoms with Crippen LogP contribution in [-0.4, -0.2) is 61.5 Å². The molecule has 154 valence electrons. The molecule has 5 unspecified atom stereocenters. The van der Waals surface area contributed by atoms with Gasteiger partial charge in [-0.25, -0.2) is 0 Å². The summed E-state index contributed by atoms with van der Waals surface area (Å²) in [5, 5.41) is 0. The summed E-state index contributed by atoms with van der Waals surface area (Å²) in [4.78, 5) is 0. The Labute approximate surface area is 166 Å². The molecule has 2 rings (SSSR count). The van der Waals surface area contributed by atoms with Crippen LogP contribution in [0.3, 0.4) is 0 Å². The van der Waals surface area contributed by atoms with Crippen LogP contribution in [0.25, 0.3) is 0 Å². The van der Waals surface area contributed by atoms with Gasteiger partial charge in [-0.2, -0.15) is 12.6 Å². The molecule has 0 aliphatic carbocycles. The van der Waals surface area contributed by atoms with Gasteiger partial charge < -0.3 is 26.6 Å². The Morgan fingerprint density at radius 2 is 1.62 bits per heavy atom. The highest BCUT2D eigenvalue weighted by Gasteiger charge is 2.50. The molecule has 2 fully saturated rings. The van der Waals surface area contributed by atoms with Gasteiger partial charge in [-0.1, -0.05) is 19.8 Å². The van der Waals surface area contributed by atoms with E-state index in [1.54, 1.807) is 0 Å². The zero-order chi connectivity index (χ0) is 19.0. The summed E-state index contributed by atoms with van der Waals surface area (Å²) in [6, 6.07) is 1.68. The van der Waals surface area contributed by atoms with Crippen molar-refractivity contribution in [3.8, 4) is 0 Å². The Bertz CT molecular complexity index is 421. The molecule has 2 aliphatic rings. The lowest BCUT2D eigenvalue weighted by molar-refractivity contribution is 0.0327. The predicted octanol–water partition coefficient (Wildman–Crippen LogP) is 3.67. The van der Waals surface area contributed by atoms with E-state index in [9.17, 15) is 0 Å². The fourth-order valence-corrected chi connectivity index (χ4v) is 9.70. The van der Waals surface area contributed by atoms with Gasteiger partial charge in [-0.3, -0.25) is 0 Å². The summed E-state index contributed by atoms with van der Waals surface area (Å²) in [7, 11) is -5.19. The first kappa shape index (κ1) is 22.8. The van der Waals surface area contributed by atoms with Crippen molar-refractivity contribution in [2.24, 2.45) is 0 Å². The molecule has 0 aromatic heterocycles. The maximum absolute atomic E-state index is 6.32. The summed E-state index contributed by atoms with van der Waals surface area (Å²) >= 11 is 4.30. The van der Waals surface area contributed by atoms with Crippen molar-refractivity contribution in [2.45, 2.75) is 83.8 Å². The van der Waals surface area contributed by atoms with Crippen LogP contribution in [-0.2, 0) is 26.6 Å². The molecule has 0 bridgehead atoms. The second kappa shape index (κ2) is 10.9. The van der Waals surface area contributed by atoms with Gasteiger partial charge in [-0.15, -0.1) is 0 Å². The molecule has 0 N–H and O–H groups in total. The fourth-order valence-electron chi connectivity index (χ4n) is 3.24. The summed E-state index contributed by atoms with van der Waals surface area (Å²) in [6.07, 6.45) is 4.43. The summed E-state index contributed by atoms with van der Waals surface area (Å²) in [5.74, 6) is 0.804. The highest BCUT2D eigenvalue weighted by molar-refractivity contribution is 7.80. The third-order valence-electron chi connectivity index (χ3n) is 4.48. The second-order valence-corrected chi connectivity index (χ2v) is 13.1. The van der Waals surface area contributed by atoms with Crippen molar-refractivity contribution in [1.82, 2.24) is 0 Å². The van der Waals surface area contributed by atoms with Crippen LogP contribution in [0, 0.1) is 0 Å². The van der Waals surface area contributed by atoms with E-state index in [0.29, 0.717) is 19.8 Å². The molecule has 0 radical (unpaired) electrons. The van der Waals surface area contributed by atoms with Gasteiger partial charge in [0.05, 0.1) is 38.1 Å². The lowest BCUT2D eigenvalue weighted by atomic mass is 10.3. The fraction of sp³-hybridized carbons (Fsp3) is 1.00. The first-order chi connectivity index (χ1) is 12.4. The minimum atomic E-state index is -2.60. The SMILES string of the molecule is CCCCC[Si]1(OC(C)CO[Si]2(CCCS)OCC(C)O2)OCC(C)O1. The largest absolute Gasteiger partial charge is 0.501 e. The Balaban J connectivity index is 1.87. The van der Waals surface area contributed by atoms with Crippen molar-refractivity contribution in [2.75, 3.05) is 25.6 Å². The van der Waals surface area contributed by atoms with Crippen molar-refractivity contribution in [1.29, 1.82) is 0 Å². The second-order valence-electron chi connectivity index (χ2n) is 7.37. The van der Waals surface area contributed by atoms with E-state index in [4.69, 9.17) is 26.6 Å². The van der Waals surface area contributed by atoms with Crippen LogP contribution in [0.4, 0.5) is 0 Å². The van der Waals surface area contributed by atoms with Crippen molar-refractivity contribution in [3.05, 3.63) is 0 Å². The molecule has 0 aromatic carbocycles. The highest BCUT2D eigenvalue weighted by atomic mass is 32.1. The molecule has 0 spiro atoms. The van der Waals surface area contributed by atoms with Crippen molar-refractivity contribution in [3.63, 3.8) is 0 Å². The average molecular weight is 425 g/mol. The van der Waals surface area contributed by atoms with Gasteiger partial charge in [0.1, 0.15) is 0 Å². The zero-order valence-electron chi connectivity index (χ0n) is 16.7. The van der Waals surface area contributed by atoms with Gasteiger partial charge >= 0.3 is 17.6 Å². The van der Waals surface area contributed by atoms with Gasteiger partial charge in [-0.05, 0) is 39.4 Å². The van der Waals surface area contributed by atoms with Gasteiger partial charge in [0.2, 0.25) is 0 Å². The first-order valence-electron chi connectivity index (χ1n) is 9.99. The Hall–Kier alpha value is 0.544. The molecular formula is C17H36O6SSi2. The van der Waals surface area contributed by atoms with E-state index in [-0.39, 0.29) is 18.3 Å². The van der Waals surface area contributed by atoms with Crippen LogP contribution < -0.4 is 0 Å². The maximum Gasteiger partial charge on any atom is 0.501 e. The van der Waals surface area contributed by atoms with E-state index >= 15 is 0 Å². The van der Waals surface area contributed by atoms with E-state index in [1.165, 1.54) is 12.8 Å². The number of hydrogen-bond acceptors (Lipinski definition) is 7. The van der Waals surface area contributed by atoms with Crippen molar-refractivity contribution >= 4 is 30.2 Å². The minimum absolute atomic E-state index is 0.0925. The van der Waals surface area contributed by atoms with Crippen LogP contribution in [0.1, 0.15) is 53.4 Å². The Morgan fingerprint density at radius 1 is 1.00 bits per heavy atom. The standard InChI is InChI=1S/C17H36O6SSi2/c1-5-6-7-10-26(20-14-17(4)23-26)22-16(3)13-19-25(11-8-9-24)18-12-15(2)21-25/h15-17,24H,5-14H2,1-4H3. The molecule has 2 saturated heterocycles. The van der Waals surface area contributed by atoms with Gasteiger partial charge in [0.25, 0.3) is 0 Å². The summed E-state index contributed by atoms with van der Waals surface area (Å²) < 4.78 is 36.6. The summed E-state index contributed by atoms with van der Waals surface area (Å²) in [5.41, 5.74) is 0. The quantitative estimate of drug-likeness (QED) is 0.293. The molecule has 9 heteroatoms. The third-order valence-corrected chi connectivity index (χ3v) is 10.8. The highest BCUT2D eigenvalue weighted by Crippen LogP contribution is 2.30. The topological polar surface area (TPSA) is 55.4 Å². The molecule has 5 atom stereocenters. The molecule has 0 aromatic rings. The normalized spacial score (nSPS) is 35.9. The molecule has 2 aliphatic heterocycles. The summed E-state index contributed by atoms with van der Waals surface area (Å²) in [6.45, 7) is 9.94. The lowest BCUT2D eigenvalue weighted by Crippen LogP contribution is -2.47. The predicted molar refractivity (Wildman–Crippen MR) is 109 cm³/mol. The lowest BCUT2D eigenvalue weighted by Gasteiger charge is -2.30. The first-order valence-corrected chi connectivity index (χ1v) is 14.5. The molecule has 0 saturated carbocycles. The van der Waals surface area contributed by atoms with Crippen LogP contribution in [0.5, 0.6) is 0 Å². The Morgan fingerprint density at radius 3 is 2.15 bits per heavy atom. The number of hydrogen-bond donors (Lipinski definition) is 1. The van der Waals surface area contributed by atoms with Crippen LogP contribution in [0.15, 0.2) is 0 Å². The minimum Gasteiger partial charge on any atom is -0.371 e. The number of thiol groups is 1. The molecule has 2 heterocycles. The number of rotatable bonds is 12. The Kier molecular flexibility index (Phi) is 9.59. The maximum atomic E-state index is 6.32. The van der Waals surface area contributed by atoms with Crippen molar-refractivity contribution < 1.29 is 26.6 Å². The molecule has 26 heavy (non-hydrogen) atoms. The van der Waals surface area contributed by atoms with Gasteiger partial charge in [0, 0.05) is 12.1 Å². The molecular weight excluding hydrogens is 388 g/mol. The molecule has 6 nitrogen and oxygen atoms in total. The van der Waals surface area contributed by atoms with Crippen LogP contribution in [0.2, 0.25) is 12.1 Å². The van der Waals surface area contributed by atoms with E-state index in [2.05, 4.69) is 19.6 Å². The smallest absolute Gasteiger partial charge is 0.371 e. The monoisotopic (exact) mass is 424 g/mol. The van der Waals surface area contributed by atoms with E-state index in [1.807, 2.05) is 20.8 Å². The average Bonchev–Trinajstić information content (AvgIpc) is 3.15. The van der Waals surface area contributed by atoms with E-state index < -0.39 is 17.6 Å². The van der Waals surface area contributed by atoms with E-state index in [0.717, 1.165) is 30.7 Å². The third kappa shape index (κ3) is 6.86. The zero-order valence-corrected chi connectivity index (χ0v) is 19.6. The number of unbranched alkanes of at least 4 members (excludes halogenated alkanes) is 2. The molecule has 0 amide bonds.